The van der Waals surface area contributed by atoms with Gasteiger partial charge in [0.1, 0.15) is 6.07 Å². The quantitative estimate of drug-likeness (QED) is 0.367. The van der Waals surface area contributed by atoms with Gasteiger partial charge in [0.25, 0.3) is 0 Å². The van der Waals surface area contributed by atoms with Crippen LogP contribution in [0.4, 0.5) is 11.4 Å². The van der Waals surface area contributed by atoms with Crippen molar-refractivity contribution in [3.05, 3.63) is 23.8 Å². The van der Waals surface area contributed by atoms with Crippen molar-refractivity contribution >= 4 is 28.8 Å². The van der Waals surface area contributed by atoms with E-state index in [4.69, 9.17) is 16.4 Å². The van der Waals surface area contributed by atoms with Gasteiger partial charge < -0.3 is 11.1 Å². The predicted molar refractivity (Wildman–Crippen MR) is 74.1 cm³/mol. The van der Waals surface area contributed by atoms with Gasteiger partial charge in [0.15, 0.2) is 5.84 Å². The molecule has 0 aliphatic carbocycles. The van der Waals surface area contributed by atoms with Crippen LogP contribution >= 0.6 is 0 Å². The SMILES string of the molecule is CC(=O)Nc1cc(C)ccc1N/N=C(\C#N)C(=N)N. The molecule has 19 heavy (non-hydrogen) atoms. The smallest absolute Gasteiger partial charge is 0.221 e. The molecule has 0 aliphatic heterocycles. The summed E-state index contributed by atoms with van der Waals surface area (Å²) in [6.45, 7) is 3.28. The van der Waals surface area contributed by atoms with Crippen molar-refractivity contribution < 1.29 is 4.79 Å². The minimum Gasteiger partial charge on any atom is -0.382 e. The van der Waals surface area contributed by atoms with E-state index >= 15 is 0 Å². The van der Waals surface area contributed by atoms with Crippen molar-refractivity contribution in [3.63, 3.8) is 0 Å². The third-order valence-corrected chi connectivity index (χ3v) is 2.13. The number of nitriles is 1. The first-order valence-electron chi connectivity index (χ1n) is 5.40. The number of rotatable bonds is 4. The molecular formula is C12H14N6O. The van der Waals surface area contributed by atoms with Crippen LogP contribution in [0.3, 0.4) is 0 Å². The Bertz CT molecular complexity index is 584. The first kappa shape index (κ1) is 14.2. The summed E-state index contributed by atoms with van der Waals surface area (Å²) in [6.07, 6.45) is 0. The van der Waals surface area contributed by atoms with Gasteiger partial charge in [-0.25, -0.2) is 0 Å². The molecule has 0 saturated carbocycles. The van der Waals surface area contributed by atoms with E-state index in [0.717, 1.165) is 5.56 Å². The summed E-state index contributed by atoms with van der Waals surface area (Å²) in [4.78, 5) is 11.1. The van der Waals surface area contributed by atoms with Crippen LogP contribution in [0.1, 0.15) is 12.5 Å². The van der Waals surface area contributed by atoms with Crippen molar-refractivity contribution in [3.8, 4) is 6.07 Å². The number of aryl methyl sites for hydroxylation is 1. The average molecular weight is 258 g/mol. The summed E-state index contributed by atoms with van der Waals surface area (Å²) in [6, 6.07) is 6.99. The van der Waals surface area contributed by atoms with E-state index < -0.39 is 5.84 Å². The lowest BCUT2D eigenvalue weighted by Crippen LogP contribution is -2.22. The fourth-order valence-corrected chi connectivity index (χ4v) is 1.31. The number of carbonyl (C=O) groups is 1. The van der Waals surface area contributed by atoms with E-state index in [1.807, 2.05) is 13.0 Å². The van der Waals surface area contributed by atoms with E-state index in [0.29, 0.717) is 11.4 Å². The lowest BCUT2D eigenvalue weighted by Gasteiger charge is -2.10. The van der Waals surface area contributed by atoms with E-state index in [1.54, 1.807) is 18.2 Å². The molecule has 7 nitrogen and oxygen atoms in total. The molecule has 0 radical (unpaired) electrons. The number of hydrogen-bond acceptors (Lipinski definition) is 5. The third-order valence-electron chi connectivity index (χ3n) is 2.13. The van der Waals surface area contributed by atoms with Gasteiger partial charge in [0, 0.05) is 6.92 Å². The van der Waals surface area contributed by atoms with Gasteiger partial charge in [-0.3, -0.25) is 15.6 Å². The number of hydrogen-bond donors (Lipinski definition) is 4. The molecule has 0 aliphatic rings. The van der Waals surface area contributed by atoms with Crippen molar-refractivity contribution in [2.24, 2.45) is 10.8 Å². The van der Waals surface area contributed by atoms with E-state index in [-0.39, 0.29) is 11.6 Å². The Morgan fingerprint density at radius 2 is 2.16 bits per heavy atom. The summed E-state index contributed by atoms with van der Waals surface area (Å²) in [5.74, 6) is -0.645. The van der Waals surface area contributed by atoms with Crippen LogP contribution < -0.4 is 16.5 Å². The van der Waals surface area contributed by atoms with Gasteiger partial charge in [-0.2, -0.15) is 10.4 Å². The number of nitrogens with zero attached hydrogens (tertiary/aromatic N) is 2. The number of amidine groups is 1. The fraction of sp³-hybridized carbons (Fsp3) is 0.167. The predicted octanol–water partition coefficient (Wildman–Crippen LogP) is 1.18. The Kier molecular flexibility index (Phi) is 4.60. The minimum absolute atomic E-state index is 0.218. The van der Waals surface area contributed by atoms with Crippen LogP contribution in [0.2, 0.25) is 0 Å². The van der Waals surface area contributed by atoms with Gasteiger partial charge in [0.2, 0.25) is 11.6 Å². The maximum Gasteiger partial charge on any atom is 0.221 e. The molecule has 0 fully saturated rings. The number of amides is 1. The molecule has 1 rings (SSSR count). The van der Waals surface area contributed by atoms with Gasteiger partial charge in [0.05, 0.1) is 11.4 Å². The highest BCUT2D eigenvalue weighted by Crippen LogP contribution is 2.23. The number of anilines is 2. The topological polar surface area (TPSA) is 127 Å². The van der Waals surface area contributed by atoms with Crippen LogP contribution in [-0.2, 0) is 4.79 Å². The molecule has 0 spiro atoms. The number of nitrogens with one attached hydrogen (secondary N) is 3. The van der Waals surface area contributed by atoms with Crippen molar-refractivity contribution in [1.82, 2.24) is 0 Å². The Morgan fingerprint density at radius 3 is 2.68 bits per heavy atom. The zero-order valence-corrected chi connectivity index (χ0v) is 10.6. The number of benzene rings is 1. The largest absolute Gasteiger partial charge is 0.382 e. The summed E-state index contributed by atoms with van der Waals surface area (Å²) in [5.41, 5.74) is 9.57. The molecule has 0 saturated heterocycles. The van der Waals surface area contributed by atoms with Crippen molar-refractivity contribution in [2.45, 2.75) is 13.8 Å². The lowest BCUT2D eigenvalue weighted by atomic mass is 10.2. The molecule has 1 aromatic rings. The average Bonchev–Trinajstić information content (AvgIpc) is 2.31. The molecular weight excluding hydrogens is 244 g/mol. The second-order valence-corrected chi connectivity index (χ2v) is 3.83. The van der Waals surface area contributed by atoms with Crippen molar-refractivity contribution in [2.75, 3.05) is 10.7 Å². The minimum atomic E-state index is -0.428. The number of nitrogens with two attached hydrogens (primary N) is 1. The molecule has 0 heterocycles. The molecule has 0 aromatic heterocycles. The Labute approximate surface area is 110 Å². The molecule has 0 bridgehead atoms. The van der Waals surface area contributed by atoms with Gasteiger partial charge in [-0.15, -0.1) is 0 Å². The number of carbonyl (C=O) groups excluding carboxylic acids is 1. The standard InChI is InChI=1S/C12H14N6O/c1-7-3-4-9(10(5-7)16-8(2)19)17-18-11(6-13)12(14)15/h3-5,17H,1-2H3,(H3,14,15)(H,16,19)/b18-11+. The molecule has 5 N–H and O–H groups in total. The van der Waals surface area contributed by atoms with E-state index in [1.165, 1.54) is 6.92 Å². The van der Waals surface area contributed by atoms with Crippen LogP contribution in [0.15, 0.2) is 23.3 Å². The van der Waals surface area contributed by atoms with E-state index in [2.05, 4.69) is 15.8 Å². The van der Waals surface area contributed by atoms with Crippen LogP contribution in [0, 0.1) is 23.7 Å². The molecule has 0 unspecified atom stereocenters. The first-order valence-corrected chi connectivity index (χ1v) is 5.40. The third kappa shape index (κ3) is 4.12. The Morgan fingerprint density at radius 1 is 1.47 bits per heavy atom. The van der Waals surface area contributed by atoms with Gasteiger partial charge >= 0.3 is 0 Å². The Hall–Kier alpha value is -2.88. The van der Waals surface area contributed by atoms with Crippen molar-refractivity contribution in [1.29, 1.82) is 10.7 Å². The lowest BCUT2D eigenvalue weighted by molar-refractivity contribution is -0.114. The Balaban J connectivity index is 3.04. The number of hydrazone groups is 1. The van der Waals surface area contributed by atoms with E-state index in [9.17, 15) is 4.79 Å². The van der Waals surface area contributed by atoms with Crippen LogP contribution in [-0.4, -0.2) is 17.5 Å². The van der Waals surface area contributed by atoms with Crippen LogP contribution in [0.25, 0.3) is 0 Å². The molecule has 0 atom stereocenters. The summed E-state index contributed by atoms with van der Waals surface area (Å²) in [5, 5.41) is 22.2. The maximum atomic E-state index is 11.1. The molecule has 98 valence electrons. The second-order valence-electron chi connectivity index (χ2n) is 3.83. The summed E-state index contributed by atoms with van der Waals surface area (Å²) < 4.78 is 0. The maximum absolute atomic E-state index is 11.1. The molecule has 7 heteroatoms. The zero-order chi connectivity index (χ0) is 14.4. The van der Waals surface area contributed by atoms with Gasteiger partial charge in [-0.1, -0.05) is 6.07 Å². The monoisotopic (exact) mass is 258 g/mol. The van der Waals surface area contributed by atoms with Crippen LogP contribution in [0.5, 0.6) is 0 Å². The normalized spacial score (nSPS) is 10.5. The zero-order valence-electron chi connectivity index (χ0n) is 10.6. The highest BCUT2D eigenvalue weighted by molar-refractivity contribution is 6.45. The molecule has 1 aromatic carbocycles. The second kappa shape index (κ2) is 6.16. The molecule has 1 amide bonds. The first-order chi connectivity index (χ1) is 8.93. The highest BCUT2D eigenvalue weighted by atomic mass is 16.1. The fourth-order valence-electron chi connectivity index (χ4n) is 1.31. The summed E-state index contributed by atoms with van der Waals surface area (Å²) >= 11 is 0. The highest BCUT2D eigenvalue weighted by Gasteiger charge is 2.05. The summed E-state index contributed by atoms with van der Waals surface area (Å²) in [7, 11) is 0. The van der Waals surface area contributed by atoms with Gasteiger partial charge in [-0.05, 0) is 24.6 Å².